The van der Waals surface area contributed by atoms with Gasteiger partial charge in [0.15, 0.2) is 0 Å². The predicted octanol–water partition coefficient (Wildman–Crippen LogP) is 0.730. The van der Waals surface area contributed by atoms with Crippen LogP contribution in [0.2, 0.25) is 0 Å². The quantitative estimate of drug-likeness (QED) is 0.762. The summed E-state index contributed by atoms with van der Waals surface area (Å²) >= 11 is 1.34. The molecule has 0 bridgehead atoms. The number of thioether (sulfide) groups is 1. The normalized spacial score (nSPS) is 13.2. The number of carbonyl (C=O) groups excluding carboxylic acids is 1. The summed E-state index contributed by atoms with van der Waals surface area (Å²) in [6, 6.07) is 8.52. The van der Waals surface area contributed by atoms with Crippen molar-refractivity contribution in [2.75, 3.05) is 12.0 Å². The molecule has 0 saturated carbocycles. The van der Waals surface area contributed by atoms with Crippen molar-refractivity contribution in [3.63, 3.8) is 0 Å². The Kier molecular flexibility index (Phi) is 4.81. The lowest BCUT2D eigenvalue weighted by atomic mass is 10.2. The summed E-state index contributed by atoms with van der Waals surface area (Å²) in [6.45, 7) is 0. The van der Waals surface area contributed by atoms with Gasteiger partial charge in [-0.3, -0.25) is 9.78 Å². The van der Waals surface area contributed by atoms with E-state index in [9.17, 15) is 13.2 Å². The topological polar surface area (TPSA) is 102 Å². The molecule has 1 aromatic carbocycles. The van der Waals surface area contributed by atoms with Gasteiger partial charge in [-0.15, -0.1) is 11.8 Å². The zero-order valence-electron chi connectivity index (χ0n) is 11.3. The van der Waals surface area contributed by atoms with Crippen LogP contribution >= 0.6 is 11.8 Å². The van der Waals surface area contributed by atoms with E-state index in [2.05, 4.69) is 9.71 Å². The minimum atomic E-state index is -3.50. The molecule has 0 aliphatic heterocycles. The fourth-order valence-electron chi connectivity index (χ4n) is 1.80. The van der Waals surface area contributed by atoms with Crippen LogP contribution in [0.4, 0.5) is 0 Å². The van der Waals surface area contributed by atoms with Gasteiger partial charge in [-0.1, -0.05) is 18.2 Å². The summed E-state index contributed by atoms with van der Waals surface area (Å²) in [5.41, 5.74) is 6.04. The number of carbonyl (C=O) groups is 1. The van der Waals surface area contributed by atoms with Gasteiger partial charge in [0.25, 0.3) is 0 Å². The van der Waals surface area contributed by atoms with Crippen molar-refractivity contribution in [3.05, 3.63) is 36.5 Å². The maximum Gasteiger partial charge on any atom is 0.236 e. The van der Waals surface area contributed by atoms with Crippen molar-refractivity contribution < 1.29 is 13.2 Å². The summed E-state index contributed by atoms with van der Waals surface area (Å²) in [7, 11) is -3.50. The van der Waals surface area contributed by atoms with Crippen LogP contribution in [0.1, 0.15) is 0 Å². The van der Waals surface area contributed by atoms with E-state index in [4.69, 9.17) is 5.73 Å². The first-order chi connectivity index (χ1) is 9.87. The Bertz CT molecular complexity index is 757. The van der Waals surface area contributed by atoms with E-state index < -0.39 is 22.0 Å². The number of nitrogens with two attached hydrogens (primary N) is 1. The highest BCUT2D eigenvalue weighted by Crippen LogP contribution is 2.26. The molecule has 1 amide bonds. The smallest absolute Gasteiger partial charge is 0.236 e. The first kappa shape index (κ1) is 15.7. The zero-order valence-corrected chi connectivity index (χ0v) is 12.9. The Morgan fingerprint density at radius 1 is 1.38 bits per heavy atom. The molecule has 0 radical (unpaired) electrons. The summed E-state index contributed by atoms with van der Waals surface area (Å²) < 4.78 is 24.7. The first-order valence-electron chi connectivity index (χ1n) is 6.10. The number of rotatable bonds is 6. The molecule has 0 aliphatic carbocycles. The minimum absolute atomic E-state index is 0.206. The number of primary amides is 1. The fourth-order valence-corrected chi connectivity index (χ4v) is 3.70. The van der Waals surface area contributed by atoms with Gasteiger partial charge in [0.2, 0.25) is 15.9 Å². The van der Waals surface area contributed by atoms with Crippen molar-refractivity contribution in [2.45, 2.75) is 10.9 Å². The van der Waals surface area contributed by atoms with E-state index in [1.165, 1.54) is 11.8 Å². The summed E-state index contributed by atoms with van der Waals surface area (Å²) in [5, 5.41) is 0.981. The molecule has 3 N–H and O–H groups in total. The number of hydrogen-bond acceptors (Lipinski definition) is 5. The molecular weight excluding hydrogens is 310 g/mol. The number of para-hydroxylation sites is 1. The average Bonchev–Trinajstić information content (AvgIpc) is 2.42. The van der Waals surface area contributed by atoms with E-state index in [0.29, 0.717) is 0 Å². The molecule has 21 heavy (non-hydrogen) atoms. The average molecular weight is 325 g/mol. The van der Waals surface area contributed by atoms with Crippen molar-refractivity contribution in [1.82, 2.24) is 9.71 Å². The van der Waals surface area contributed by atoms with Crippen LogP contribution in [0.25, 0.3) is 10.9 Å². The second kappa shape index (κ2) is 6.42. The number of nitrogens with one attached hydrogen (secondary N) is 1. The van der Waals surface area contributed by atoms with Gasteiger partial charge in [0.05, 0.1) is 11.8 Å². The number of sulfonamides is 1. The van der Waals surface area contributed by atoms with Crippen molar-refractivity contribution in [2.24, 2.45) is 5.73 Å². The van der Waals surface area contributed by atoms with E-state index in [1.807, 2.05) is 30.3 Å². The predicted molar refractivity (Wildman–Crippen MR) is 83.4 cm³/mol. The Balaban J connectivity index is 2.18. The minimum Gasteiger partial charge on any atom is -0.368 e. The first-order valence-corrected chi connectivity index (χ1v) is 8.98. The molecule has 0 fully saturated rings. The largest absolute Gasteiger partial charge is 0.368 e. The standard InChI is InChI=1S/C13H15N3O3S2/c1-21(18,19)16-10(13(14)17)8-20-11-6-2-4-9-5-3-7-15-12(9)11/h2-7,10,16H,8H2,1H3,(H2,14,17)/t10-/m1/s1. The Morgan fingerprint density at radius 2 is 2.10 bits per heavy atom. The number of nitrogens with zero attached hydrogens (tertiary/aromatic N) is 1. The van der Waals surface area contributed by atoms with Crippen LogP contribution in [0.3, 0.4) is 0 Å². The van der Waals surface area contributed by atoms with Gasteiger partial charge >= 0.3 is 0 Å². The Labute approximate surface area is 127 Å². The lowest BCUT2D eigenvalue weighted by Crippen LogP contribution is -2.45. The number of benzene rings is 1. The van der Waals surface area contributed by atoms with E-state index >= 15 is 0 Å². The van der Waals surface area contributed by atoms with Crippen LogP contribution in [-0.4, -0.2) is 37.4 Å². The molecule has 6 nitrogen and oxygen atoms in total. The molecule has 2 rings (SSSR count). The van der Waals surface area contributed by atoms with Gasteiger partial charge in [-0.25, -0.2) is 13.1 Å². The van der Waals surface area contributed by atoms with E-state index in [0.717, 1.165) is 22.1 Å². The third-order valence-electron chi connectivity index (χ3n) is 2.70. The van der Waals surface area contributed by atoms with Crippen LogP contribution in [0, 0.1) is 0 Å². The van der Waals surface area contributed by atoms with Crippen LogP contribution in [0.15, 0.2) is 41.4 Å². The number of hydrogen-bond donors (Lipinski definition) is 2. The van der Waals surface area contributed by atoms with Crippen molar-refractivity contribution in [1.29, 1.82) is 0 Å². The SMILES string of the molecule is CS(=O)(=O)N[C@H](CSc1cccc2cccnc12)C(N)=O. The summed E-state index contributed by atoms with van der Waals surface area (Å²) in [5.74, 6) is -0.501. The third kappa shape index (κ3) is 4.42. The molecule has 8 heteroatoms. The summed E-state index contributed by atoms with van der Waals surface area (Å²) in [6.07, 6.45) is 2.68. The Morgan fingerprint density at radius 3 is 2.76 bits per heavy atom. The van der Waals surface area contributed by atoms with E-state index in [-0.39, 0.29) is 5.75 Å². The van der Waals surface area contributed by atoms with Crippen LogP contribution in [-0.2, 0) is 14.8 Å². The maximum absolute atomic E-state index is 11.3. The molecular formula is C13H15N3O3S2. The molecule has 0 saturated heterocycles. The molecule has 1 aromatic heterocycles. The van der Waals surface area contributed by atoms with Crippen molar-refractivity contribution in [3.8, 4) is 0 Å². The molecule has 0 aliphatic rings. The monoisotopic (exact) mass is 325 g/mol. The van der Waals surface area contributed by atoms with Gasteiger partial charge in [-0.2, -0.15) is 0 Å². The molecule has 112 valence electrons. The van der Waals surface area contributed by atoms with Gasteiger partial charge < -0.3 is 5.73 Å². The van der Waals surface area contributed by atoms with Gasteiger partial charge in [0.1, 0.15) is 6.04 Å². The Hall–Kier alpha value is -1.64. The lowest BCUT2D eigenvalue weighted by Gasteiger charge is -2.14. The highest BCUT2D eigenvalue weighted by atomic mass is 32.2. The zero-order chi connectivity index (χ0) is 15.5. The fraction of sp³-hybridized carbons (Fsp3) is 0.231. The molecule has 2 aromatic rings. The number of pyridine rings is 1. The maximum atomic E-state index is 11.3. The lowest BCUT2D eigenvalue weighted by molar-refractivity contribution is -0.119. The second-order valence-corrected chi connectivity index (χ2v) is 7.33. The highest BCUT2D eigenvalue weighted by Gasteiger charge is 2.20. The van der Waals surface area contributed by atoms with E-state index in [1.54, 1.807) is 6.20 Å². The molecule has 0 unspecified atom stereocenters. The molecule has 1 atom stereocenters. The summed E-state index contributed by atoms with van der Waals surface area (Å²) in [4.78, 5) is 16.5. The molecule has 1 heterocycles. The number of fused-ring (bicyclic) bond motifs is 1. The molecule has 0 spiro atoms. The van der Waals surface area contributed by atoms with Crippen LogP contribution in [0.5, 0.6) is 0 Å². The number of amides is 1. The third-order valence-corrected chi connectivity index (χ3v) is 4.55. The second-order valence-electron chi connectivity index (χ2n) is 4.49. The van der Waals surface area contributed by atoms with Crippen LogP contribution < -0.4 is 10.5 Å². The highest BCUT2D eigenvalue weighted by molar-refractivity contribution is 7.99. The van der Waals surface area contributed by atoms with Gasteiger partial charge in [0, 0.05) is 22.2 Å². The number of aromatic nitrogens is 1. The van der Waals surface area contributed by atoms with Gasteiger partial charge in [-0.05, 0) is 12.1 Å². The van der Waals surface area contributed by atoms with Crippen molar-refractivity contribution >= 4 is 38.6 Å².